The molecule has 1 aliphatic heterocycles. The second-order valence-electron chi connectivity index (χ2n) is 7.31. The topological polar surface area (TPSA) is 55.3 Å². The lowest BCUT2D eigenvalue weighted by molar-refractivity contribution is -0.134. The van der Waals surface area contributed by atoms with Crippen molar-refractivity contribution in [3.05, 3.63) is 53.5 Å². The Balaban J connectivity index is 1.43. The number of aryl methyl sites for hydroxylation is 3. The molecule has 1 atom stereocenters. The van der Waals surface area contributed by atoms with E-state index in [1.54, 1.807) is 0 Å². The predicted octanol–water partition coefficient (Wildman–Crippen LogP) is 3.88. The van der Waals surface area contributed by atoms with E-state index < -0.39 is 0 Å². The quantitative estimate of drug-likeness (QED) is 0.697. The van der Waals surface area contributed by atoms with Gasteiger partial charge in [-0.1, -0.05) is 30.3 Å². The fourth-order valence-corrected chi connectivity index (χ4v) is 3.58. The maximum Gasteiger partial charge on any atom is 0.222 e. The Bertz CT molecular complexity index is 728. The zero-order chi connectivity index (χ0) is 19.1. The Morgan fingerprint density at radius 1 is 1.19 bits per heavy atom. The van der Waals surface area contributed by atoms with Crippen molar-refractivity contribution in [3.8, 4) is 5.88 Å². The molecule has 0 radical (unpaired) electrons. The molecule has 0 spiro atoms. The maximum atomic E-state index is 12.6. The predicted molar refractivity (Wildman–Crippen MR) is 106 cm³/mol. The van der Waals surface area contributed by atoms with E-state index in [9.17, 15) is 4.79 Å². The summed E-state index contributed by atoms with van der Waals surface area (Å²) in [4.78, 5) is 23.1. The van der Waals surface area contributed by atoms with Crippen LogP contribution in [0.2, 0.25) is 0 Å². The molecule has 1 unspecified atom stereocenters. The second kappa shape index (κ2) is 9.49. The average Bonchev–Trinajstić information content (AvgIpc) is 2.65. The van der Waals surface area contributed by atoms with Crippen LogP contribution in [0.5, 0.6) is 5.88 Å². The number of likely N-dealkylation sites (tertiary alicyclic amines) is 1. The van der Waals surface area contributed by atoms with Crippen LogP contribution in [0.15, 0.2) is 36.4 Å². The molecule has 0 N–H and O–H groups in total. The molecule has 144 valence electrons. The molecule has 0 saturated carbocycles. The summed E-state index contributed by atoms with van der Waals surface area (Å²) in [5.74, 6) is 1.57. The maximum absolute atomic E-state index is 12.6. The summed E-state index contributed by atoms with van der Waals surface area (Å²) in [5.41, 5.74) is 2.24. The van der Waals surface area contributed by atoms with E-state index in [4.69, 9.17) is 4.74 Å². The first-order chi connectivity index (χ1) is 13.1. The summed E-state index contributed by atoms with van der Waals surface area (Å²) in [5, 5.41) is 0. The van der Waals surface area contributed by atoms with Gasteiger partial charge >= 0.3 is 0 Å². The monoisotopic (exact) mass is 367 g/mol. The van der Waals surface area contributed by atoms with Gasteiger partial charge in [0.1, 0.15) is 11.9 Å². The van der Waals surface area contributed by atoms with Crippen molar-refractivity contribution < 1.29 is 9.53 Å². The van der Waals surface area contributed by atoms with E-state index in [1.807, 2.05) is 30.9 Å². The third-order valence-electron chi connectivity index (χ3n) is 4.91. The van der Waals surface area contributed by atoms with Gasteiger partial charge in [-0.05, 0) is 51.5 Å². The standard InChI is InChI=1S/C22H29N3O2/c1-17-15-21(24-18(2)23-17)27-20-12-8-14-25(16-20)22(26)13-7-6-11-19-9-4-3-5-10-19/h3-5,9-10,15,20H,6-8,11-14,16H2,1-2H3. The summed E-state index contributed by atoms with van der Waals surface area (Å²) < 4.78 is 6.04. The number of piperidine rings is 1. The fraction of sp³-hybridized carbons (Fsp3) is 0.500. The zero-order valence-corrected chi connectivity index (χ0v) is 16.4. The van der Waals surface area contributed by atoms with Gasteiger partial charge in [0.25, 0.3) is 0 Å². The molecule has 27 heavy (non-hydrogen) atoms. The molecule has 1 aromatic carbocycles. The number of unbranched alkanes of at least 4 members (excludes halogenated alkanes) is 1. The van der Waals surface area contributed by atoms with Crippen LogP contribution < -0.4 is 4.74 Å². The molecule has 3 rings (SSSR count). The molecule has 5 heteroatoms. The number of carbonyl (C=O) groups excluding carboxylic acids is 1. The van der Waals surface area contributed by atoms with Crippen molar-refractivity contribution in [1.29, 1.82) is 0 Å². The van der Waals surface area contributed by atoms with E-state index in [-0.39, 0.29) is 12.0 Å². The lowest BCUT2D eigenvalue weighted by Crippen LogP contribution is -2.44. The fourth-order valence-electron chi connectivity index (χ4n) is 3.58. The van der Waals surface area contributed by atoms with Gasteiger partial charge in [0.15, 0.2) is 0 Å². The highest BCUT2D eigenvalue weighted by Gasteiger charge is 2.25. The number of carbonyl (C=O) groups is 1. The SMILES string of the molecule is Cc1cc(OC2CCCN(C(=O)CCCCc3ccccc3)C2)nc(C)n1. The molecule has 1 amide bonds. The number of hydrogen-bond donors (Lipinski definition) is 0. The van der Waals surface area contributed by atoms with Crippen LogP contribution in [0.3, 0.4) is 0 Å². The molecule has 1 saturated heterocycles. The van der Waals surface area contributed by atoms with E-state index in [1.165, 1.54) is 5.56 Å². The Morgan fingerprint density at radius 3 is 2.78 bits per heavy atom. The smallest absolute Gasteiger partial charge is 0.222 e. The van der Waals surface area contributed by atoms with E-state index in [0.29, 0.717) is 24.7 Å². The minimum absolute atomic E-state index is 0.0146. The van der Waals surface area contributed by atoms with Gasteiger partial charge < -0.3 is 9.64 Å². The Labute approximate surface area is 161 Å². The molecule has 0 bridgehead atoms. The van der Waals surface area contributed by atoms with Gasteiger partial charge in [-0.2, -0.15) is 4.98 Å². The highest BCUT2D eigenvalue weighted by Crippen LogP contribution is 2.19. The van der Waals surface area contributed by atoms with Crippen LogP contribution >= 0.6 is 0 Å². The minimum Gasteiger partial charge on any atom is -0.472 e. The van der Waals surface area contributed by atoms with Crippen molar-refractivity contribution in [2.24, 2.45) is 0 Å². The van der Waals surface area contributed by atoms with Gasteiger partial charge in [0.05, 0.1) is 6.54 Å². The Kier molecular flexibility index (Phi) is 6.80. The number of amides is 1. The van der Waals surface area contributed by atoms with Gasteiger partial charge in [0.2, 0.25) is 11.8 Å². The third kappa shape index (κ3) is 6.05. The minimum atomic E-state index is 0.0146. The Morgan fingerprint density at radius 2 is 2.00 bits per heavy atom. The van der Waals surface area contributed by atoms with Crippen molar-refractivity contribution >= 4 is 5.91 Å². The largest absolute Gasteiger partial charge is 0.472 e. The second-order valence-corrected chi connectivity index (χ2v) is 7.31. The number of aromatic nitrogens is 2. The van der Waals surface area contributed by atoms with Crippen LogP contribution in [0.4, 0.5) is 0 Å². The van der Waals surface area contributed by atoms with Gasteiger partial charge in [-0.15, -0.1) is 0 Å². The number of nitrogens with zero attached hydrogens (tertiary/aromatic N) is 3. The summed E-state index contributed by atoms with van der Waals surface area (Å²) in [6.07, 6.45) is 5.57. The number of hydrogen-bond acceptors (Lipinski definition) is 4. The van der Waals surface area contributed by atoms with Crippen molar-refractivity contribution in [2.75, 3.05) is 13.1 Å². The molecular weight excluding hydrogens is 338 g/mol. The van der Waals surface area contributed by atoms with E-state index >= 15 is 0 Å². The highest BCUT2D eigenvalue weighted by atomic mass is 16.5. The number of ether oxygens (including phenoxy) is 1. The lowest BCUT2D eigenvalue weighted by Gasteiger charge is -2.32. The summed E-state index contributed by atoms with van der Waals surface area (Å²) in [6, 6.07) is 12.3. The molecular formula is C22H29N3O2. The third-order valence-corrected chi connectivity index (χ3v) is 4.91. The lowest BCUT2D eigenvalue weighted by atomic mass is 10.1. The first kappa shape index (κ1) is 19.3. The van der Waals surface area contributed by atoms with E-state index in [0.717, 1.165) is 44.3 Å². The van der Waals surface area contributed by atoms with Crippen molar-refractivity contribution in [2.45, 2.75) is 58.5 Å². The molecule has 1 aromatic heterocycles. The van der Waals surface area contributed by atoms with Crippen molar-refractivity contribution in [3.63, 3.8) is 0 Å². The summed E-state index contributed by atoms with van der Waals surface area (Å²) in [7, 11) is 0. The summed E-state index contributed by atoms with van der Waals surface area (Å²) in [6.45, 7) is 5.29. The van der Waals surface area contributed by atoms with Gasteiger partial charge in [0, 0.05) is 24.7 Å². The molecule has 5 nitrogen and oxygen atoms in total. The van der Waals surface area contributed by atoms with Crippen LogP contribution in [-0.4, -0.2) is 40.0 Å². The molecule has 2 aromatic rings. The first-order valence-electron chi connectivity index (χ1n) is 9.91. The molecule has 0 aliphatic carbocycles. The van der Waals surface area contributed by atoms with Gasteiger partial charge in [-0.3, -0.25) is 4.79 Å². The number of benzene rings is 1. The van der Waals surface area contributed by atoms with Crippen molar-refractivity contribution in [1.82, 2.24) is 14.9 Å². The van der Waals surface area contributed by atoms with E-state index in [2.05, 4.69) is 34.2 Å². The zero-order valence-electron chi connectivity index (χ0n) is 16.4. The van der Waals surface area contributed by atoms with Crippen LogP contribution in [0, 0.1) is 13.8 Å². The van der Waals surface area contributed by atoms with Gasteiger partial charge in [-0.25, -0.2) is 4.98 Å². The van der Waals surface area contributed by atoms with Crippen LogP contribution in [-0.2, 0) is 11.2 Å². The molecule has 1 aliphatic rings. The van der Waals surface area contributed by atoms with Crippen LogP contribution in [0.1, 0.15) is 49.2 Å². The normalized spacial score (nSPS) is 17.0. The first-order valence-corrected chi connectivity index (χ1v) is 9.91. The Hall–Kier alpha value is -2.43. The highest BCUT2D eigenvalue weighted by molar-refractivity contribution is 5.76. The summed E-state index contributed by atoms with van der Waals surface area (Å²) >= 11 is 0. The average molecular weight is 367 g/mol. The number of rotatable bonds is 7. The molecule has 2 heterocycles. The molecule has 1 fully saturated rings. The van der Waals surface area contributed by atoms with Crippen LogP contribution in [0.25, 0.3) is 0 Å².